The number of amides is 1. The number of aromatic amines is 1. The number of aromatic nitrogens is 2. The summed E-state index contributed by atoms with van der Waals surface area (Å²) in [5, 5.41) is 5.17. The number of rotatable bonds is 5. The number of anilines is 1. The van der Waals surface area contributed by atoms with E-state index in [9.17, 15) is 4.79 Å². The predicted octanol–water partition coefficient (Wildman–Crippen LogP) is 3.96. The Labute approximate surface area is 164 Å². The average Bonchev–Trinajstić information content (AvgIpc) is 3.31. The summed E-state index contributed by atoms with van der Waals surface area (Å²) in [5.41, 5.74) is 1.96. The molecule has 1 atom stereocenters. The van der Waals surface area contributed by atoms with E-state index in [4.69, 9.17) is 0 Å². The van der Waals surface area contributed by atoms with E-state index in [1.807, 2.05) is 24.3 Å². The zero-order valence-corrected chi connectivity index (χ0v) is 16.8. The third-order valence-electron chi connectivity index (χ3n) is 4.77. The van der Waals surface area contributed by atoms with Crippen molar-refractivity contribution >= 4 is 50.2 Å². The molecule has 2 N–H and O–H groups in total. The maximum Gasteiger partial charge on any atom is 0.224 e. The van der Waals surface area contributed by atoms with Crippen LogP contribution in [0, 0.1) is 5.92 Å². The first-order valence-corrected chi connectivity index (χ1v) is 10.6. The molecule has 0 bridgehead atoms. The molecule has 3 aromatic rings. The maximum absolute atomic E-state index is 12.5. The van der Waals surface area contributed by atoms with Gasteiger partial charge in [-0.2, -0.15) is 0 Å². The van der Waals surface area contributed by atoms with E-state index in [-0.39, 0.29) is 11.8 Å². The third-order valence-corrected chi connectivity index (χ3v) is 6.20. The number of thiophene rings is 1. The summed E-state index contributed by atoms with van der Waals surface area (Å²) < 4.78 is 1.03. The van der Waals surface area contributed by atoms with Crippen molar-refractivity contribution in [3.63, 3.8) is 0 Å². The van der Waals surface area contributed by atoms with Crippen LogP contribution in [0.25, 0.3) is 11.0 Å². The molecule has 2 aromatic heterocycles. The largest absolute Gasteiger partial charge is 0.355 e. The minimum absolute atomic E-state index is 0.0204. The van der Waals surface area contributed by atoms with Crippen LogP contribution < -0.4 is 10.2 Å². The summed E-state index contributed by atoms with van der Waals surface area (Å²) in [4.78, 5) is 24.1. The second kappa shape index (κ2) is 7.80. The van der Waals surface area contributed by atoms with Gasteiger partial charge in [-0.3, -0.25) is 4.79 Å². The number of fused-ring (bicyclic) bond motifs is 1. The normalized spacial score (nSPS) is 17.6. The van der Waals surface area contributed by atoms with Crippen molar-refractivity contribution in [2.75, 3.05) is 24.5 Å². The molecular formula is C19H21BrN4OS. The molecule has 1 aromatic carbocycles. The predicted molar refractivity (Wildman–Crippen MR) is 110 cm³/mol. The molecular weight excluding hydrogens is 412 g/mol. The first-order valence-electron chi connectivity index (χ1n) is 8.89. The summed E-state index contributed by atoms with van der Waals surface area (Å²) in [6.07, 6.45) is 2.84. The fourth-order valence-corrected chi connectivity index (χ4v) is 4.48. The number of nitrogens with zero attached hydrogens (tertiary/aromatic N) is 2. The molecule has 0 radical (unpaired) electrons. The van der Waals surface area contributed by atoms with Gasteiger partial charge >= 0.3 is 0 Å². The monoisotopic (exact) mass is 432 g/mol. The standard InChI is InChI=1S/C19H21BrN4OS/c20-14-5-6-16-17(11-14)23-19(22-16)24-9-1-3-13(12-24)18(25)21-8-7-15-4-2-10-26-15/h2,4-6,10-11,13H,1,3,7-9,12H2,(H,21,25)(H,22,23)/t13-/m1/s1. The fourth-order valence-electron chi connectivity index (χ4n) is 3.41. The van der Waals surface area contributed by atoms with E-state index in [2.05, 4.69) is 47.6 Å². The van der Waals surface area contributed by atoms with Gasteiger partial charge < -0.3 is 15.2 Å². The molecule has 1 aliphatic heterocycles. The number of piperidine rings is 1. The summed E-state index contributed by atoms with van der Waals surface area (Å²) in [6.45, 7) is 2.35. The minimum atomic E-state index is 0.0204. The lowest BCUT2D eigenvalue weighted by molar-refractivity contribution is -0.125. The molecule has 1 fully saturated rings. The zero-order chi connectivity index (χ0) is 17.9. The lowest BCUT2D eigenvalue weighted by Gasteiger charge is -2.31. The number of carbonyl (C=O) groups excluding carboxylic acids is 1. The molecule has 7 heteroatoms. The highest BCUT2D eigenvalue weighted by atomic mass is 79.9. The molecule has 3 heterocycles. The van der Waals surface area contributed by atoms with Crippen LogP contribution in [0.5, 0.6) is 0 Å². The Morgan fingerprint density at radius 1 is 1.42 bits per heavy atom. The van der Waals surface area contributed by atoms with E-state index in [0.717, 1.165) is 47.3 Å². The van der Waals surface area contributed by atoms with Gasteiger partial charge in [0.25, 0.3) is 0 Å². The highest BCUT2D eigenvalue weighted by Crippen LogP contribution is 2.25. The van der Waals surface area contributed by atoms with E-state index >= 15 is 0 Å². The van der Waals surface area contributed by atoms with Crippen LogP contribution in [0.3, 0.4) is 0 Å². The van der Waals surface area contributed by atoms with E-state index in [1.165, 1.54) is 4.88 Å². The average molecular weight is 433 g/mol. The van der Waals surface area contributed by atoms with Gasteiger partial charge in [0.2, 0.25) is 11.9 Å². The molecule has 1 saturated heterocycles. The minimum Gasteiger partial charge on any atom is -0.355 e. The Balaban J connectivity index is 1.37. The Morgan fingerprint density at radius 3 is 3.19 bits per heavy atom. The quantitative estimate of drug-likeness (QED) is 0.641. The van der Waals surface area contributed by atoms with Crippen LogP contribution in [0.15, 0.2) is 40.2 Å². The number of imidazole rings is 1. The lowest BCUT2D eigenvalue weighted by Crippen LogP contribution is -2.43. The lowest BCUT2D eigenvalue weighted by atomic mass is 9.97. The molecule has 0 unspecified atom stereocenters. The Hall–Kier alpha value is -1.86. The van der Waals surface area contributed by atoms with Crippen LogP contribution in [0.2, 0.25) is 0 Å². The van der Waals surface area contributed by atoms with Crippen LogP contribution in [-0.2, 0) is 11.2 Å². The first kappa shape index (κ1) is 17.5. The Morgan fingerprint density at radius 2 is 2.35 bits per heavy atom. The van der Waals surface area contributed by atoms with Crippen molar-refractivity contribution < 1.29 is 4.79 Å². The topological polar surface area (TPSA) is 61.0 Å². The highest BCUT2D eigenvalue weighted by molar-refractivity contribution is 9.10. The zero-order valence-electron chi connectivity index (χ0n) is 14.4. The highest BCUT2D eigenvalue weighted by Gasteiger charge is 2.27. The van der Waals surface area contributed by atoms with Gasteiger partial charge in [0.05, 0.1) is 17.0 Å². The Kier molecular flexibility index (Phi) is 5.26. The number of H-pyrrole nitrogens is 1. The van der Waals surface area contributed by atoms with Crippen molar-refractivity contribution in [2.45, 2.75) is 19.3 Å². The number of carbonyl (C=O) groups is 1. The molecule has 4 rings (SSSR count). The second-order valence-electron chi connectivity index (χ2n) is 6.63. The number of halogens is 1. The molecule has 26 heavy (non-hydrogen) atoms. The van der Waals surface area contributed by atoms with E-state index in [0.29, 0.717) is 13.1 Å². The van der Waals surface area contributed by atoms with Gasteiger partial charge in [0.15, 0.2) is 0 Å². The molecule has 5 nitrogen and oxygen atoms in total. The number of benzene rings is 1. The number of hydrogen-bond acceptors (Lipinski definition) is 4. The fraction of sp³-hybridized carbons (Fsp3) is 0.368. The number of hydrogen-bond donors (Lipinski definition) is 2. The summed E-state index contributed by atoms with van der Waals surface area (Å²) >= 11 is 5.23. The second-order valence-corrected chi connectivity index (χ2v) is 8.58. The van der Waals surface area contributed by atoms with Crippen molar-refractivity contribution in [3.05, 3.63) is 45.1 Å². The van der Waals surface area contributed by atoms with Crippen molar-refractivity contribution in [3.8, 4) is 0 Å². The van der Waals surface area contributed by atoms with E-state index in [1.54, 1.807) is 11.3 Å². The molecule has 0 saturated carbocycles. The first-order chi connectivity index (χ1) is 12.7. The third kappa shape index (κ3) is 3.94. The molecule has 0 spiro atoms. The molecule has 1 amide bonds. The number of nitrogens with one attached hydrogen (secondary N) is 2. The van der Waals surface area contributed by atoms with Gasteiger partial charge in [0, 0.05) is 29.0 Å². The maximum atomic E-state index is 12.5. The molecule has 136 valence electrons. The van der Waals surface area contributed by atoms with Gasteiger partial charge in [-0.1, -0.05) is 22.0 Å². The van der Waals surface area contributed by atoms with Gasteiger partial charge in [0.1, 0.15) is 0 Å². The summed E-state index contributed by atoms with van der Waals surface area (Å²) in [6, 6.07) is 10.2. The molecule has 0 aliphatic carbocycles. The van der Waals surface area contributed by atoms with Crippen molar-refractivity contribution in [1.82, 2.24) is 15.3 Å². The van der Waals surface area contributed by atoms with Gasteiger partial charge in [-0.05, 0) is 48.9 Å². The van der Waals surface area contributed by atoms with Crippen LogP contribution in [-0.4, -0.2) is 35.5 Å². The van der Waals surface area contributed by atoms with Crippen LogP contribution in [0.4, 0.5) is 5.95 Å². The van der Waals surface area contributed by atoms with Gasteiger partial charge in [-0.25, -0.2) is 4.98 Å². The van der Waals surface area contributed by atoms with Crippen LogP contribution in [0.1, 0.15) is 17.7 Å². The van der Waals surface area contributed by atoms with Crippen LogP contribution >= 0.6 is 27.3 Å². The van der Waals surface area contributed by atoms with Crippen molar-refractivity contribution in [2.24, 2.45) is 5.92 Å². The SMILES string of the molecule is O=C(NCCc1cccs1)[C@@H]1CCCN(c2nc3ccc(Br)cc3[nH]2)C1. The van der Waals surface area contributed by atoms with Gasteiger partial charge in [-0.15, -0.1) is 11.3 Å². The van der Waals surface area contributed by atoms with Crippen molar-refractivity contribution in [1.29, 1.82) is 0 Å². The smallest absolute Gasteiger partial charge is 0.224 e. The summed E-state index contributed by atoms with van der Waals surface area (Å²) in [7, 11) is 0. The van der Waals surface area contributed by atoms with E-state index < -0.39 is 0 Å². The summed E-state index contributed by atoms with van der Waals surface area (Å²) in [5.74, 6) is 1.03. The Bertz CT molecular complexity index is 892. The molecule has 1 aliphatic rings.